The summed E-state index contributed by atoms with van der Waals surface area (Å²) in [5.41, 5.74) is 0.404. The third-order valence-electron chi connectivity index (χ3n) is 1.93. The fraction of sp³-hybridized carbons (Fsp3) is 0. The summed E-state index contributed by atoms with van der Waals surface area (Å²) >= 11 is 5.89. The van der Waals surface area contributed by atoms with Gasteiger partial charge in [0, 0.05) is 24.0 Å². The molecule has 0 amide bonds. The highest BCUT2D eigenvalue weighted by molar-refractivity contribution is 6.35. The van der Waals surface area contributed by atoms with Gasteiger partial charge in [0.2, 0.25) is 0 Å². The fourth-order valence-corrected chi connectivity index (χ4v) is 1.54. The molecular weight excluding hydrogens is 218 g/mol. The molecule has 0 aliphatic heterocycles. The maximum absolute atomic E-state index is 10.6. The van der Waals surface area contributed by atoms with E-state index in [1.165, 1.54) is 6.07 Å². The number of halogens is 1. The maximum Gasteiger partial charge on any atom is 0.288 e. The third-order valence-corrected chi connectivity index (χ3v) is 2.33. The second-order valence-corrected chi connectivity index (χ2v) is 3.21. The molecule has 0 aliphatic carbocycles. The average Bonchev–Trinajstić information content (AvgIpc) is 2.70. The van der Waals surface area contributed by atoms with Crippen LogP contribution in [-0.2, 0) is 0 Å². The summed E-state index contributed by atoms with van der Waals surface area (Å²) in [7, 11) is 0. The van der Waals surface area contributed by atoms with Crippen LogP contribution in [0.3, 0.4) is 0 Å². The lowest BCUT2D eigenvalue weighted by Gasteiger charge is -2.00. The van der Waals surface area contributed by atoms with E-state index < -0.39 is 4.92 Å². The first-order chi connectivity index (χ1) is 7.20. The Hall–Kier alpha value is -1.88. The van der Waals surface area contributed by atoms with E-state index >= 15 is 0 Å². The van der Waals surface area contributed by atoms with Crippen molar-refractivity contribution in [2.45, 2.75) is 0 Å². The molecule has 0 fully saturated rings. The van der Waals surface area contributed by atoms with E-state index in [0.29, 0.717) is 11.4 Å². The van der Waals surface area contributed by atoms with Gasteiger partial charge in [-0.15, -0.1) is 0 Å². The van der Waals surface area contributed by atoms with Gasteiger partial charge in [-0.1, -0.05) is 17.7 Å². The zero-order chi connectivity index (χ0) is 10.8. The average molecular weight is 224 g/mol. The first-order valence-corrected chi connectivity index (χ1v) is 4.50. The van der Waals surface area contributed by atoms with Crippen molar-refractivity contribution in [1.82, 2.24) is 9.97 Å². The largest absolute Gasteiger partial charge is 0.345 e. The SMILES string of the molecule is O=[N+]([O-])c1cccc(-c2ncc[nH]2)c1Cl. The number of hydrogen-bond acceptors (Lipinski definition) is 3. The molecule has 6 heteroatoms. The molecule has 5 nitrogen and oxygen atoms in total. The Labute approximate surface area is 89.9 Å². The van der Waals surface area contributed by atoms with Gasteiger partial charge in [-0.2, -0.15) is 0 Å². The highest BCUT2D eigenvalue weighted by atomic mass is 35.5. The van der Waals surface area contributed by atoms with Gasteiger partial charge in [-0.25, -0.2) is 4.98 Å². The van der Waals surface area contributed by atoms with E-state index in [9.17, 15) is 10.1 Å². The number of benzene rings is 1. The van der Waals surface area contributed by atoms with Crippen LogP contribution < -0.4 is 0 Å². The Morgan fingerprint density at radius 1 is 1.47 bits per heavy atom. The van der Waals surface area contributed by atoms with Crippen LogP contribution in [0.15, 0.2) is 30.6 Å². The standard InChI is InChI=1S/C9H6ClN3O2/c10-8-6(9-11-4-5-12-9)2-1-3-7(8)13(14)15/h1-5H,(H,11,12). The van der Waals surface area contributed by atoms with Gasteiger partial charge < -0.3 is 4.98 Å². The summed E-state index contributed by atoms with van der Waals surface area (Å²) in [5, 5.41) is 10.7. The molecule has 0 saturated carbocycles. The molecule has 0 saturated heterocycles. The Morgan fingerprint density at radius 3 is 2.87 bits per heavy atom. The van der Waals surface area contributed by atoms with Crippen LogP contribution in [0.25, 0.3) is 11.4 Å². The molecule has 15 heavy (non-hydrogen) atoms. The lowest BCUT2D eigenvalue weighted by molar-refractivity contribution is -0.384. The lowest BCUT2D eigenvalue weighted by Crippen LogP contribution is -1.91. The molecular formula is C9H6ClN3O2. The molecule has 76 valence electrons. The second kappa shape index (κ2) is 3.70. The molecule has 0 bridgehead atoms. The van der Waals surface area contributed by atoms with Crippen molar-refractivity contribution in [2.75, 3.05) is 0 Å². The Kier molecular flexibility index (Phi) is 2.39. The van der Waals surface area contributed by atoms with E-state index in [1.54, 1.807) is 24.5 Å². The smallest absolute Gasteiger partial charge is 0.288 e. The normalized spacial score (nSPS) is 10.2. The fourth-order valence-electron chi connectivity index (χ4n) is 1.26. The summed E-state index contributed by atoms with van der Waals surface area (Å²) < 4.78 is 0. The Morgan fingerprint density at radius 2 is 2.27 bits per heavy atom. The number of imidazole rings is 1. The molecule has 1 aromatic carbocycles. The minimum atomic E-state index is -0.519. The number of rotatable bonds is 2. The molecule has 1 aromatic heterocycles. The van der Waals surface area contributed by atoms with Crippen molar-refractivity contribution in [3.05, 3.63) is 45.7 Å². The first-order valence-electron chi connectivity index (χ1n) is 4.13. The summed E-state index contributed by atoms with van der Waals surface area (Å²) in [4.78, 5) is 16.9. The van der Waals surface area contributed by atoms with Crippen LogP contribution in [0.5, 0.6) is 0 Å². The van der Waals surface area contributed by atoms with Crippen molar-refractivity contribution in [3.8, 4) is 11.4 Å². The number of nitrogens with one attached hydrogen (secondary N) is 1. The van der Waals surface area contributed by atoms with Crippen molar-refractivity contribution in [2.24, 2.45) is 0 Å². The zero-order valence-corrected chi connectivity index (χ0v) is 8.23. The molecule has 0 unspecified atom stereocenters. The molecule has 2 rings (SSSR count). The van der Waals surface area contributed by atoms with Crippen LogP contribution in [0.4, 0.5) is 5.69 Å². The van der Waals surface area contributed by atoms with Crippen molar-refractivity contribution < 1.29 is 4.92 Å². The van der Waals surface area contributed by atoms with Gasteiger partial charge in [0.15, 0.2) is 0 Å². The number of aromatic amines is 1. The predicted molar refractivity (Wildman–Crippen MR) is 55.7 cm³/mol. The molecule has 0 aliphatic rings. The van der Waals surface area contributed by atoms with Gasteiger partial charge in [0.25, 0.3) is 5.69 Å². The maximum atomic E-state index is 10.6. The van der Waals surface area contributed by atoms with Gasteiger partial charge >= 0.3 is 0 Å². The minimum absolute atomic E-state index is 0.0949. The van der Waals surface area contributed by atoms with Gasteiger partial charge in [-0.3, -0.25) is 10.1 Å². The van der Waals surface area contributed by atoms with Crippen molar-refractivity contribution >= 4 is 17.3 Å². The Bertz CT molecular complexity index is 496. The van der Waals surface area contributed by atoms with Crippen LogP contribution >= 0.6 is 11.6 Å². The number of aromatic nitrogens is 2. The molecule has 2 aromatic rings. The van der Waals surface area contributed by atoms with Crippen molar-refractivity contribution in [3.63, 3.8) is 0 Å². The third kappa shape index (κ3) is 1.69. The Balaban J connectivity index is 2.59. The number of hydrogen-bond donors (Lipinski definition) is 1. The first kappa shape index (κ1) is 9.67. The monoisotopic (exact) mass is 223 g/mol. The van der Waals surface area contributed by atoms with Crippen LogP contribution in [-0.4, -0.2) is 14.9 Å². The van der Waals surface area contributed by atoms with Gasteiger partial charge in [-0.05, 0) is 6.07 Å². The molecule has 1 heterocycles. The van der Waals surface area contributed by atoms with Gasteiger partial charge in [0.1, 0.15) is 10.8 Å². The van der Waals surface area contributed by atoms with Gasteiger partial charge in [0.05, 0.1) is 4.92 Å². The number of nitro groups is 1. The highest BCUT2D eigenvalue weighted by Gasteiger charge is 2.17. The quantitative estimate of drug-likeness (QED) is 0.628. The molecule has 1 N–H and O–H groups in total. The van der Waals surface area contributed by atoms with Crippen LogP contribution in [0, 0.1) is 10.1 Å². The van der Waals surface area contributed by atoms with Crippen LogP contribution in [0.2, 0.25) is 5.02 Å². The van der Waals surface area contributed by atoms with Crippen LogP contribution in [0.1, 0.15) is 0 Å². The summed E-state index contributed by atoms with van der Waals surface area (Å²) in [6, 6.07) is 4.60. The van der Waals surface area contributed by atoms with E-state index in [-0.39, 0.29) is 10.7 Å². The van der Waals surface area contributed by atoms with Crippen molar-refractivity contribution in [1.29, 1.82) is 0 Å². The number of nitrogens with zero attached hydrogens (tertiary/aromatic N) is 2. The highest BCUT2D eigenvalue weighted by Crippen LogP contribution is 2.32. The van der Waals surface area contributed by atoms with E-state index in [1.807, 2.05) is 0 Å². The summed E-state index contributed by atoms with van der Waals surface area (Å²) in [6.07, 6.45) is 3.19. The zero-order valence-electron chi connectivity index (χ0n) is 7.48. The minimum Gasteiger partial charge on any atom is -0.345 e. The number of H-pyrrole nitrogens is 1. The lowest BCUT2D eigenvalue weighted by atomic mass is 10.2. The van der Waals surface area contributed by atoms with E-state index in [4.69, 9.17) is 11.6 Å². The second-order valence-electron chi connectivity index (χ2n) is 2.83. The molecule has 0 atom stereocenters. The summed E-state index contributed by atoms with van der Waals surface area (Å²) in [6.45, 7) is 0. The number of nitro benzene ring substituents is 1. The van der Waals surface area contributed by atoms with E-state index in [0.717, 1.165) is 0 Å². The van der Waals surface area contributed by atoms with E-state index in [2.05, 4.69) is 9.97 Å². The molecule has 0 spiro atoms. The topological polar surface area (TPSA) is 71.8 Å². The summed E-state index contributed by atoms with van der Waals surface area (Å²) in [5.74, 6) is 0.517. The predicted octanol–water partition coefficient (Wildman–Crippen LogP) is 2.64. The molecule has 0 radical (unpaired) electrons.